The molecule has 5 heterocycles. The van der Waals surface area contributed by atoms with Gasteiger partial charge in [0, 0.05) is 42.7 Å². The van der Waals surface area contributed by atoms with Crippen LogP contribution in [0.1, 0.15) is 30.9 Å². The molecule has 2 aromatic heterocycles. The molecule has 0 unspecified atom stereocenters. The Bertz CT molecular complexity index is 1490. The number of rotatable bonds is 5. The van der Waals surface area contributed by atoms with Crippen molar-refractivity contribution >= 4 is 38.5 Å². The zero-order chi connectivity index (χ0) is 26.7. The van der Waals surface area contributed by atoms with Crippen molar-refractivity contribution in [2.24, 2.45) is 0 Å². The normalized spacial score (nSPS) is 22.2. The number of fused-ring (bicyclic) bond motifs is 3. The molecule has 1 aromatic carbocycles. The van der Waals surface area contributed by atoms with Gasteiger partial charge in [0.15, 0.2) is 14.9 Å². The Morgan fingerprint density at radius 2 is 2.13 bits per heavy atom. The number of nitrogens with one attached hydrogen (secondary N) is 2. The highest BCUT2D eigenvalue weighted by Gasteiger charge is 2.38. The minimum absolute atomic E-state index is 0.00718. The van der Waals surface area contributed by atoms with E-state index in [-0.39, 0.29) is 38.8 Å². The SMILES string of the molecule is CCc1cc(N2C[C@H]3C[C@@H]2CN3)ccc1Nc1ncc(C(F)(F)F)c(-c2cc3c(s2)OCCCS3(=O)=O)n1. The predicted octanol–water partition coefficient (Wildman–Crippen LogP) is 4.64. The maximum absolute atomic E-state index is 13.9. The zero-order valence-corrected chi connectivity index (χ0v) is 22.1. The average molecular weight is 566 g/mol. The third kappa shape index (κ3) is 4.60. The Labute approximate surface area is 222 Å². The van der Waals surface area contributed by atoms with Gasteiger partial charge in [0.25, 0.3) is 0 Å². The van der Waals surface area contributed by atoms with Crippen LogP contribution in [0.2, 0.25) is 0 Å². The van der Waals surface area contributed by atoms with Crippen molar-refractivity contribution < 1.29 is 26.3 Å². The van der Waals surface area contributed by atoms with E-state index < -0.39 is 21.6 Å². The first-order chi connectivity index (χ1) is 18.1. The lowest BCUT2D eigenvalue weighted by atomic mass is 10.1. The van der Waals surface area contributed by atoms with Crippen molar-refractivity contribution in [3.63, 3.8) is 0 Å². The number of alkyl halides is 3. The van der Waals surface area contributed by atoms with Gasteiger partial charge in [-0.2, -0.15) is 13.2 Å². The van der Waals surface area contributed by atoms with Gasteiger partial charge in [-0.3, -0.25) is 0 Å². The molecule has 2 N–H and O–H groups in total. The standard InChI is InChI=1S/C25H26F3N5O3S2/c1-2-14-8-16(33-13-15-9-17(33)11-29-15)4-5-19(14)31-24-30-12-18(25(26,27)28)22(32-24)20-10-21-23(37-20)36-6-3-7-38(21,34)35/h4-5,8,10,12,15,17,29H,2-3,6-7,9,11,13H2,1H3,(H,30,31,32)/t15-,17-/m1/s1. The summed E-state index contributed by atoms with van der Waals surface area (Å²) >= 11 is 0.849. The van der Waals surface area contributed by atoms with E-state index in [0.717, 1.165) is 48.3 Å². The van der Waals surface area contributed by atoms with Crippen LogP contribution in [-0.4, -0.2) is 55.9 Å². The summed E-state index contributed by atoms with van der Waals surface area (Å²) in [5, 5.41) is 6.67. The maximum Gasteiger partial charge on any atom is 0.420 e. The Hall–Kier alpha value is -2.90. The third-order valence-corrected chi connectivity index (χ3v) is 10.2. The molecule has 0 amide bonds. The van der Waals surface area contributed by atoms with Crippen LogP contribution >= 0.6 is 11.3 Å². The largest absolute Gasteiger partial charge is 0.483 e. The molecule has 2 bridgehead atoms. The summed E-state index contributed by atoms with van der Waals surface area (Å²) in [5.74, 6) is -0.128. The molecule has 2 saturated heterocycles. The van der Waals surface area contributed by atoms with Crippen LogP contribution in [0.25, 0.3) is 10.6 Å². The fourth-order valence-electron chi connectivity index (χ4n) is 5.32. The second-order valence-electron chi connectivity index (χ2n) is 9.70. The van der Waals surface area contributed by atoms with Gasteiger partial charge < -0.3 is 20.3 Å². The molecule has 8 nitrogen and oxygen atoms in total. The monoisotopic (exact) mass is 565 g/mol. The van der Waals surface area contributed by atoms with E-state index in [1.165, 1.54) is 6.07 Å². The van der Waals surface area contributed by atoms with Gasteiger partial charge in [0.2, 0.25) is 5.95 Å². The number of benzene rings is 1. The number of anilines is 3. The topological polar surface area (TPSA) is 96.5 Å². The van der Waals surface area contributed by atoms with Crippen LogP contribution in [-0.2, 0) is 22.4 Å². The molecule has 0 saturated carbocycles. The number of halogens is 3. The van der Waals surface area contributed by atoms with Crippen LogP contribution in [0.3, 0.4) is 0 Å². The first-order valence-corrected chi connectivity index (χ1v) is 14.9. The summed E-state index contributed by atoms with van der Waals surface area (Å²) in [6.45, 7) is 4.11. The first-order valence-electron chi connectivity index (χ1n) is 12.5. The molecule has 0 spiro atoms. The highest BCUT2D eigenvalue weighted by atomic mass is 32.2. The third-order valence-electron chi connectivity index (χ3n) is 7.22. The Balaban J connectivity index is 1.35. The van der Waals surface area contributed by atoms with Crippen LogP contribution < -0.4 is 20.3 Å². The predicted molar refractivity (Wildman–Crippen MR) is 139 cm³/mol. The number of hydrogen-bond donors (Lipinski definition) is 2. The molecule has 3 aliphatic heterocycles. The lowest BCUT2D eigenvalue weighted by Gasteiger charge is -2.30. The second kappa shape index (κ2) is 9.38. The van der Waals surface area contributed by atoms with E-state index >= 15 is 0 Å². The Kier molecular flexibility index (Phi) is 6.27. The van der Waals surface area contributed by atoms with Gasteiger partial charge in [-0.05, 0) is 49.1 Å². The van der Waals surface area contributed by atoms with E-state index in [1.807, 2.05) is 19.1 Å². The van der Waals surface area contributed by atoms with Gasteiger partial charge in [-0.25, -0.2) is 18.4 Å². The number of hydrogen-bond acceptors (Lipinski definition) is 9. The molecule has 0 aliphatic carbocycles. The van der Waals surface area contributed by atoms with Gasteiger partial charge in [0.1, 0.15) is 10.5 Å². The number of nitrogens with zero attached hydrogens (tertiary/aromatic N) is 3. The summed E-state index contributed by atoms with van der Waals surface area (Å²) in [5.41, 5.74) is 1.39. The molecule has 38 heavy (non-hydrogen) atoms. The number of aromatic nitrogens is 2. The highest BCUT2D eigenvalue weighted by Crippen LogP contribution is 2.45. The number of sulfone groups is 1. The van der Waals surface area contributed by atoms with Crippen molar-refractivity contribution in [1.29, 1.82) is 0 Å². The number of piperazine rings is 1. The van der Waals surface area contributed by atoms with Gasteiger partial charge in [-0.1, -0.05) is 18.3 Å². The molecule has 3 aliphatic rings. The molecule has 2 atom stereocenters. The van der Waals surface area contributed by atoms with E-state index in [9.17, 15) is 21.6 Å². The number of ether oxygens (including phenoxy) is 1. The van der Waals surface area contributed by atoms with E-state index in [1.54, 1.807) is 0 Å². The van der Waals surface area contributed by atoms with E-state index in [2.05, 4.69) is 31.6 Å². The molecule has 2 fully saturated rings. The van der Waals surface area contributed by atoms with Crippen molar-refractivity contribution in [1.82, 2.24) is 15.3 Å². The molecule has 3 aromatic rings. The number of aryl methyl sites for hydroxylation is 1. The minimum atomic E-state index is -4.73. The Morgan fingerprint density at radius 3 is 2.84 bits per heavy atom. The summed E-state index contributed by atoms with van der Waals surface area (Å²) in [4.78, 5) is 10.5. The van der Waals surface area contributed by atoms with Crippen LogP contribution in [0.5, 0.6) is 5.06 Å². The molecule has 13 heteroatoms. The zero-order valence-electron chi connectivity index (χ0n) is 20.5. The molecule has 202 valence electrons. The van der Waals surface area contributed by atoms with E-state index in [4.69, 9.17) is 4.74 Å². The fraction of sp³-hybridized carbons (Fsp3) is 0.440. The van der Waals surface area contributed by atoms with Crippen LogP contribution in [0.15, 0.2) is 35.4 Å². The quantitative estimate of drug-likeness (QED) is 0.462. The summed E-state index contributed by atoms with van der Waals surface area (Å²) in [6, 6.07) is 8.22. The molecular formula is C25H26F3N5O3S2. The average Bonchev–Trinajstić information content (AvgIpc) is 3.61. The van der Waals surface area contributed by atoms with Crippen LogP contribution in [0.4, 0.5) is 30.5 Å². The Morgan fingerprint density at radius 1 is 1.29 bits per heavy atom. The highest BCUT2D eigenvalue weighted by molar-refractivity contribution is 7.91. The second-order valence-corrected chi connectivity index (χ2v) is 12.8. The summed E-state index contributed by atoms with van der Waals surface area (Å²) in [6.07, 6.45) is -1.84. The first kappa shape index (κ1) is 25.4. The van der Waals surface area contributed by atoms with Crippen molar-refractivity contribution in [2.75, 3.05) is 35.7 Å². The maximum atomic E-state index is 13.9. The smallest absolute Gasteiger partial charge is 0.420 e. The summed E-state index contributed by atoms with van der Waals surface area (Å²) < 4.78 is 72.5. The molecule has 6 rings (SSSR count). The van der Waals surface area contributed by atoms with Gasteiger partial charge in [0.05, 0.1) is 22.9 Å². The molecular weight excluding hydrogens is 539 g/mol. The van der Waals surface area contributed by atoms with Crippen molar-refractivity contribution in [3.05, 3.63) is 41.6 Å². The lowest BCUT2D eigenvalue weighted by molar-refractivity contribution is -0.137. The summed E-state index contributed by atoms with van der Waals surface area (Å²) in [7, 11) is -3.66. The van der Waals surface area contributed by atoms with Gasteiger partial charge in [-0.15, -0.1) is 0 Å². The van der Waals surface area contributed by atoms with Crippen LogP contribution in [0, 0.1) is 0 Å². The number of thiophene rings is 1. The van der Waals surface area contributed by atoms with Crippen molar-refractivity contribution in [2.45, 2.75) is 49.3 Å². The van der Waals surface area contributed by atoms with E-state index in [0.29, 0.717) is 30.6 Å². The minimum Gasteiger partial charge on any atom is -0.483 e. The van der Waals surface area contributed by atoms with Gasteiger partial charge >= 0.3 is 6.18 Å². The van der Waals surface area contributed by atoms with Crippen molar-refractivity contribution in [3.8, 4) is 15.6 Å². The fourth-order valence-corrected chi connectivity index (χ4v) is 8.16. The molecule has 0 radical (unpaired) electrons. The lowest BCUT2D eigenvalue weighted by Crippen LogP contribution is -2.43.